The second-order valence-corrected chi connectivity index (χ2v) is 4.32. The van der Waals surface area contributed by atoms with Gasteiger partial charge in [0.2, 0.25) is 5.82 Å². The minimum absolute atomic E-state index is 0.0110. The van der Waals surface area contributed by atoms with Gasteiger partial charge in [0.05, 0.1) is 7.11 Å². The Kier molecular flexibility index (Phi) is 3.27. The molecular weight excluding hydrogens is 275 g/mol. The number of aromatic nitrogens is 2. The number of methoxy groups -OCH3 is 1. The van der Waals surface area contributed by atoms with Gasteiger partial charge in [-0.15, -0.1) is 0 Å². The summed E-state index contributed by atoms with van der Waals surface area (Å²) in [6.45, 7) is 0. The summed E-state index contributed by atoms with van der Waals surface area (Å²) in [5, 5.41) is 13.6. The molecule has 5 nitrogen and oxygen atoms in total. The molecular formula is C15H11FN2O3. The minimum atomic E-state index is -0.335. The summed E-state index contributed by atoms with van der Waals surface area (Å²) < 4.78 is 23.0. The molecule has 106 valence electrons. The van der Waals surface area contributed by atoms with Crippen LogP contribution in [0.1, 0.15) is 0 Å². The Morgan fingerprint density at radius 1 is 1.10 bits per heavy atom. The van der Waals surface area contributed by atoms with Gasteiger partial charge in [-0.3, -0.25) is 0 Å². The van der Waals surface area contributed by atoms with E-state index in [1.807, 2.05) is 0 Å². The van der Waals surface area contributed by atoms with E-state index in [9.17, 15) is 9.50 Å². The molecule has 0 radical (unpaired) electrons. The Labute approximate surface area is 119 Å². The molecule has 0 amide bonds. The molecule has 0 aliphatic rings. The summed E-state index contributed by atoms with van der Waals surface area (Å²) in [6, 6.07) is 10.5. The summed E-state index contributed by atoms with van der Waals surface area (Å²) in [5.41, 5.74) is 1.21. The van der Waals surface area contributed by atoms with Crippen molar-refractivity contribution in [3.05, 3.63) is 48.3 Å². The highest BCUT2D eigenvalue weighted by molar-refractivity contribution is 5.63. The highest BCUT2D eigenvalue weighted by Gasteiger charge is 2.12. The summed E-state index contributed by atoms with van der Waals surface area (Å²) in [4.78, 5) is 4.22. The molecule has 1 heterocycles. The van der Waals surface area contributed by atoms with Crippen LogP contribution in [0, 0.1) is 5.82 Å². The van der Waals surface area contributed by atoms with Crippen molar-refractivity contribution in [1.29, 1.82) is 0 Å². The first-order valence-electron chi connectivity index (χ1n) is 6.14. The molecule has 0 spiro atoms. The SMILES string of the molecule is COc1ccc(-c2noc(-c3ccc(F)cc3)n2)cc1O. The molecule has 0 saturated carbocycles. The monoisotopic (exact) mass is 286 g/mol. The molecule has 0 atom stereocenters. The van der Waals surface area contributed by atoms with Crippen LogP contribution in [0.5, 0.6) is 11.5 Å². The number of phenols is 1. The number of nitrogens with zero attached hydrogens (tertiary/aromatic N) is 2. The molecule has 0 aliphatic carbocycles. The number of benzene rings is 2. The van der Waals surface area contributed by atoms with Gasteiger partial charge in [0.25, 0.3) is 5.89 Å². The van der Waals surface area contributed by atoms with Gasteiger partial charge >= 0.3 is 0 Å². The second kappa shape index (κ2) is 5.24. The van der Waals surface area contributed by atoms with Crippen LogP contribution >= 0.6 is 0 Å². The maximum atomic E-state index is 12.9. The van der Waals surface area contributed by atoms with Crippen molar-refractivity contribution in [3.63, 3.8) is 0 Å². The summed E-state index contributed by atoms with van der Waals surface area (Å²) in [5.74, 6) is 0.621. The van der Waals surface area contributed by atoms with Crippen LogP contribution in [0.3, 0.4) is 0 Å². The van der Waals surface area contributed by atoms with Crippen molar-refractivity contribution < 1.29 is 18.8 Å². The Morgan fingerprint density at radius 3 is 2.48 bits per heavy atom. The van der Waals surface area contributed by atoms with Crippen molar-refractivity contribution in [1.82, 2.24) is 10.1 Å². The molecule has 1 N–H and O–H groups in total. The summed E-state index contributed by atoms with van der Waals surface area (Å²) in [6.07, 6.45) is 0. The molecule has 6 heteroatoms. The van der Waals surface area contributed by atoms with Crippen LogP contribution in [-0.2, 0) is 0 Å². The van der Waals surface area contributed by atoms with E-state index in [4.69, 9.17) is 9.26 Å². The first-order chi connectivity index (χ1) is 10.2. The van der Waals surface area contributed by atoms with E-state index in [1.165, 1.54) is 25.3 Å². The number of hydrogen-bond acceptors (Lipinski definition) is 5. The zero-order valence-electron chi connectivity index (χ0n) is 11.1. The van der Waals surface area contributed by atoms with Gasteiger partial charge < -0.3 is 14.4 Å². The van der Waals surface area contributed by atoms with Gasteiger partial charge in [-0.1, -0.05) is 5.16 Å². The number of phenolic OH excluding ortho intramolecular Hbond substituents is 1. The zero-order chi connectivity index (χ0) is 14.8. The van der Waals surface area contributed by atoms with E-state index < -0.39 is 0 Å². The molecule has 0 saturated heterocycles. The molecule has 2 aromatic carbocycles. The number of hydrogen-bond donors (Lipinski definition) is 1. The molecule has 0 fully saturated rings. The maximum absolute atomic E-state index is 12.9. The first kappa shape index (κ1) is 13.1. The highest BCUT2D eigenvalue weighted by atomic mass is 19.1. The van der Waals surface area contributed by atoms with E-state index in [2.05, 4.69) is 10.1 Å². The van der Waals surface area contributed by atoms with Crippen molar-refractivity contribution in [2.24, 2.45) is 0 Å². The normalized spacial score (nSPS) is 10.6. The molecule has 0 unspecified atom stereocenters. The van der Waals surface area contributed by atoms with Crippen molar-refractivity contribution in [2.45, 2.75) is 0 Å². The van der Waals surface area contributed by atoms with Gasteiger partial charge in [0, 0.05) is 11.1 Å². The van der Waals surface area contributed by atoms with Crippen LogP contribution in [0.25, 0.3) is 22.8 Å². The lowest BCUT2D eigenvalue weighted by molar-refractivity contribution is 0.373. The van der Waals surface area contributed by atoms with E-state index in [1.54, 1.807) is 24.3 Å². The Morgan fingerprint density at radius 2 is 1.81 bits per heavy atom. The lowest BCUT2D eigenvalue weighted by Crippen LogP contribution is -1.86. The lowest BCUT2D eigenvalue weighted by atomic mass is 10.2. The lowest BCUT2D eigenvalue weighted by Gasteiger charge is -2.03. The Balaban J connectivity index is 1.94. The van der Waals surface area contributed by atoms with E-state index >= 15 is 0 Å². The van der Waals surface area contributed by atoms with Crippen LogP contribution < -0.4 is 4.74 Å². The van der Waals surface area contributed by atoms with E-state index in [0.717, 1.165) is 0 Å². The fraction of sp³-hybridized carbons (Fsp3) is 0.0667. The van der Waals surface area contributed by atoms with Crippen LogP contribution in [0.4, 0.5) is 4.39 Å². The van der Waals surface area contributed by atoms with Gasteiger partial charge in [-0.2, -0.15) is 4.98 Å². The van der Waals surface area contributed by atoms with Gasteiger partial charge in [-0.25, -0.2) is 4.39 Å². The van der Waals surface area contributed by atoms with Gasteiger partial charge in [0.15, 0.2) is 11.5 Å². The van der Waals surface area contributed by atoms with Gasteiger partial charge in [0.1, 0.15) is 5.82 Å². The molecule has 3 aromatic rings. The number of halogens is 1. The molecule has 0 bridgehead atoms. The van der Waals surface area contributed by atoms with Crippen molar-refractivity contribution >= 4 is 0 Å². The predicted octanol–water partition coefficient (Wildman–Crippen LogP) is 3.26. The van der Waals surface area contributed by atoms with E-state index in [0.29, 0.717) is 22.7 Å². The van der Waals surface area contributed by atoms with Crippen molar-refractivity contribution in [2.75, 3.05) is 7.11 Å². The zero-order valence-corrected chi connectivity index (χ0v) is 11.1. The largest absolute Gasteiger partial charge is 0.504 e. The van der Waals surface area contributed by atoms with Gasteiger partial charge in [-0.05, 0) is 42.5 Å². The fourth-order valence-corrected chi connectivity index (χ4v) is 1.88. The van der Waals surface area contributed by atoms with Crippen LogP contribution in [0.15, 0.2) is 47.0 Å². The summed E-state index contributed by atoms with van der Waals surface area (Å²) >= 11 is 0. The number of aromatic hydroxyl groups is 1. The molecule has 21 heavy (non-hydrogen) atoms. The average Bonchev–Trinajstić information content (AvgIpc) is 2.98. The first-order valence-corrected chi connectivity index (χ1v) is 6.14. The van der Waals surface area contributed by atoms with Crippen molar-refractivity contribution in [3.8, 4) is 34.3 Å². The topological polar surface area (TPSA) is 68.4 Å². The van der Waals surface area contributed by atoms with E-state index in [-0.39, 0.29) is 17.5 Å². The Hall–Kier alpha value is -2.89. The molecule has 3 rings (SSSR count). The number of rotatable bonds is 3. The van der Waals surface area contributed by atoms with Crippen LogP contribution in [0.2, 0.25) is 0 Å². The fourth-order valence-electron chi connectivity index (χ4n) is 1.88. The molecule has 1 aromatic heterocycles. The minimum Gasteiger partial charge on any atom is -0.504 e. The quantitative estimate of drug-likeness (QED) is 0.800. The third-order valence-corrected chi connectivity index (χ3v) is 2.95. The number of ether oxygens (including phenoxy) is 1. The smallest absolute Gasteiger partial charge is 0.258 e. The third kappa shape index (κ3) is 2.55. The second-order valence-electron chi connectivity index (χ2n) is 4.32. The predicted molar refractivity (Wildman–Crippen MR) is 73.3 cm³/mol. The summed E-state index contributed by atoms with van der Waals surface area (Å²) in [7, 11) is 1.47. The standard InChI is InChI=1S/C15H11FN2O3/c1-20-13-7-4-10(8-12(13)19)14-17-15(21-18-14)9-2-5-11(16)6-3-9/h2-8,19H,1H3. The third-order valence-electron chi connectivity index (χ3n) is 2.95. The molecule has 0 aliphatic heterocycles. The van der Waals surface area contributed by atoms with Crippen LogP contribution in [-0.4, -0.2) is 22.4 Å². The average molecular weight is 286 g/mol. The highest BCUT2D eigenvalue weighted by Crippen LogP contribution is 2.31. The Bertz CT molecular complexity index is 769. The maximum Gasteiger partial charge on any atom is 0.258 e.